The summed E-state index contributed by atoms with van der Waals surface area (Å²) in [4.78, 5) is 24.1. The molecule has 0 heterocycles. The van der Waals surface area contributed by atoms with E-state index >= 15 is 0 Å². The summed E-state index contributed by atoms with van der Waals surface area (Å²) in [6.45, 7) is 3.01. The average Bonchev–Trinajstić information content (AvgIpc) is 2.67. The minimum absolute atomic E-state index is 0.0498. The van der Waals surface area contributed by atoms with Crippen LogP contribution in [0.1, 0.15) is 36.2 Å². The number of rotatable bonds is 5. The molecule has 0 saturated heterocycles. The second kappa shape index (κ2) is 9.55. The van der Waals surface area contributed by atoms with Gasteiger partial charge < -0.3 is 21.3 Å². The largest absolute Gasteiger partial charge is 0.396 e. The zero-order valence-electron chi connectivity index (χ0n) is 16.3. The quantitative estimate of drug-likeness (QED) is 0.221. The van der Waals surface area contributed by atoms with E-state index in [1.165, 1.54) is 5.48 Å². The molecule has 0 radical (unpaired) electrons. The molecule has 2 amide bonds. The molecule has 1 aromatic carbocycles. The lowest BCUT2D eigenvalue weighted by Gasteiger charge is -2.37. The Balaban J connectivity index is 2.00. The van der Waals surface area contributed by atoms with Crippen molar-refractivity contribution in [3.63, 3.8) is 0 Å². The second-order valence-electron chi connectivity index (χ2n) is 7.56. The number of amides is 2. The van der Waals surface area contributed by atoms with E-state index in [0.717, 1.165) is 0 Å². The molecular weight excluding hydrogens is 374 g/mol. The SMILES string of the molecule is CC(C)(N)[C@H](NC(=O)c1ccc(C#CC#C[C@H]2C[C@@H](O)[C@H]2CO)cc1)C(=O)NO. The van der Waals surface area contributed by atoms with Gasteiger partial charge in [-0.25, -0.2) is 5.48 Å². The monoisotopic (exact) mass is 399 g/mol. The van der Waals surface area contributed by atoms with Crippen molar-refractivity contribution in [2.75, 3.05) is 6.61 Å². The highest BCUT2D eigenvalue weighted by Crippen LogP contribution is 2.33. The molecule has 154 valence electrons. The van der Waals surface area contributed by atoms with Gasteiger partial charge in [0, 0.05) is 35.1 Å². The molecule has 4 atom stereocenters. The summed E-state index contributed by atoms with van der Waals surface area (Å²) < 4.78 is 0. The Kier molecular flexibility index (Phi) is 7.38. The fourth-order valence-corrected chi connectivity index (χ4v) is 2.90. The lowest BCUT2D eigenvalue weighted by atomic mass is 9.72. The van der Waals surface area contributed by atoms with E-state index in [0.29, 0.717) is 17.5 Å². The maximum Gasteiger partial charge on any atom is 0.267 e. The Morgan fingerprint density at radius 1 is 1.28 bits per heavy atom. The van der Waals surface area contributed by atoms with Crippen molar-refractivity contribution in [2.45, 2.75) is 38.0 Å². The molecule has 1 saturated carbocycles. The molecular formula is C21H25N3O5. The molecule has 7 N–H and O–H groups in total. The fourth-order valence-electron chi connectivity index (χ4n) is 2.90. The molecule has 1 aromatic rings. The number of aliphatic hydroxyl groups excluding tert-OH is 2. The number of hydrogen-bond acceptors (Lipinski definition) is 6. The molecule has 29 heavy (non-hydrogen) atoms. The Hall–Kier alpha value is -2.88. The van der Waals surface area contributed by atoms with E-state index in [2.05, 4.69) is 29.0 Å². The summed E-state index contributed by atoms with van der Waals surface area (Å²) in [5, 5.41) is 30.0. The Labute approximate surface area is 169 Å². The van der Waals surface area contributed by atoms with Crippen LogP contribution in [0, 0.1) is 35.5 Å². The smallest absolute Gasteiger partial charge is 0.267 e. The van der Waals surface area contributed by atoms with Crippen molar-refractivity contribution >= 4 is 11.8 Å². The highest BCUT2D eigenvalue weighted by molar-refractivity contribution is 5.97. The van der Waals surface area contributed by atoms with Crippen LogP contribution in [-0.2, 0) is 4.79 Å². The summed E-state index contributed by atoms with van der Waals surface area (Å²) >= 11 is 0. The first-order chi connectivity index (χ1) is 13.7. The van der Waals surface area contributed by atoms with Crippen LogP contribution in [0.2, 0.25) is 0 Å². The lowest BCUT2D eigenvalue weighted by Crippen LogP contribution is -2.61. The summed E-state index contributed by atoms with van der Waals surface area (Å²) in [5.41, 5.74) is 7.25. The van der Waals surface area contributed by atoms with E-state index in [4.69, 9.17) is 16.0 Å². The number of hydrogen-bond donors (Lipinski definition) is 6. The molecule has 1 fully saturated rings. The Bertz CT molecular complexity index is 868. The molecule has 0 spiro atoms. The standard InChI is InChI=1S/C21H25N3O5/c1-21(2,22)18(20(28)24-29)23-19(27)14-9-7-13(8-10-14)5-3-4-6-15-11-17(26)16(15)12-25/h7-10,15-18,25-26,29H,11-12,22H2,1-2H3,(H,23,27)(H,24,28)/t15-,16-,17+,18+/m0/s1. The van der Waals surface area contributed by atoms with Gasteiger partial charge in [0.25, 0.3) is 11.8 Å². The zero-order chi connectivity index (χ0) is 21.6. The number of carbonyl (C=O) groups is 2. The van der Waals surface area contributed by atoms with E-state index in [1.807, 2.05) is 0 Å². The molecule has 0 aliphatic heterocycles. The van der Waals surface area contributed by atoms with Gasteiger partial charge in [0.05, 0.1) is 6.10 Å². The van der Waals surface area contributed by atoms with Crippen LogP contribution in [0.3, 0.4) is 0 Å². The van der Waals surface area contributed by atoms with Crippen molar-refractivity contribution in [3.05, 3.63) is 35.4 Å². The Morgan fingerprint density at radius 3 is 2.45 bits per heavy atom. The van der Waals surface area contributed by atoms with Gasteiger partial charge in [0.15, 0.2) is 0 Å². The molecule has 2 rings (SSSR count). The van der Waals surface area contributed by atoms with Gasteiger partial charge in [-0.3, -0.25) is 14.8 Å². The molecule has 0 bridgehead atoms. The normalized spacial score (nSPS) is 21.4. The minimum atomic E-state index is -1.12. The van der Waals surface area contributed by atoms with Crippen LogP contribution in [0.25, 0.3) is 0 Å². The average molecular weight is 399 g/mol. The van der Waals surface area contributed by atoms with Gasteiger partial charge in [-0.2, -0.15) is 0 Å². The van der Waals surface area contributed by atoms with Crippen molar-refractivity contribution in [3.8, 4) is 23.7 Å². The summed E-state index contributed by atoms with van der Waals surface area (Å²) in [6.07, 6.45) is 0.0392. The number of hydroxylamine groups is 1. The van der Waals surface area contributed by atoms with Crippen LogP contribution in [-0.4, -0.2) is 51.5 Å². The van der Waals surface area contributed by atoms with Crippen LogP contribution >= 0.6 is 0 Å². The highest BCUT2D eigenvalue weighted by Gasteiger charge is 2.38. The Morgan fingerprint density at radius 2 is 1.93 bits per heavy atom. The number of aliphatic hydroxyl groups is 2. The van der Waals surface area contributed by atoms with Gasteiger partial charge in [0.2, 0.25) is 0 Å². The molecule has 8 nitrogen and oxygen atoms in total. The molecule has 1 aliphatic carbocycles. The third-order valence-electron chi connectivity index (χ3n) is 4.78. The second-order valence-corrected chi connectivity index (χ2v) is 7.56. The van der Waals surface area contributed by atoms with E-state index in [-0.39, 0.29) is 18.4 Å². The van der Waals surface area contributed by atoms with Gasteiger partial charge in [-0.1, -0.05) is 11.8 Å². The number of carbonyl (C=O) groups excluding carboxylic acids is 2. The topological polar surface area (TPSA) is 145 Å². The lowest BCUT2D eigenvalue weighted by molar-refractivity contribution is -0.132. The molecule has 8 heteroatoms. The number of benzene rings is 1. The third-order valence-corrected chi connectivity index (χ3v) is 4.78. The molecule has 1 aliphatic rings. The molecule has 0 aromatic heterocycles. The van der Waals surface area contributed by atoms with Crippen LogP contribution < -0.4 is 16.5 Å². The maximum atomic E-state index is 12.4. The van der Waals surface area contributed by atoms with Crippen LogP contribution in [0.15, 0.2) is 24.3 Å². The van der Waals surface area contributed by atoms with E-state index < -0.39 is 29.5 Å². The predicted molar refractivity (Wildman–Crippen MR) is 105 cm³/mol. The van der Waals surface area contributed by atoms with Crippen molar-refractivity contribution < 1.29 is 25.0 Å². The van der Waals surface area contributed by atoms with Crippen molar-refractivity contribution in [1.82, 2.24) is 10.8 Å². The van der Waals surface area contributed by atoms with Crippen molar-refractivity contribution in [1.29, 1.82) is 0 Å². The third kappa shape index (κ3) is 5.80. The first-order valence-electron chi connectivity index (χ1n) is 9.11. The van der Waals surface area contributed by atoms with Gasteiger partial charge in [0.1, 0.15) is 6.04 Å². The van der Waals surface area contributed by atoms with Crippen LogP contribution in [0.4, 0.5) is 0 Å². The summed E-state index contributed by atoms with van der Waals surface area (Å²) in [7, 11) is 0. The highest BCUT2D eigenvalue weighted by atomic mass is 16.5. The first-order valence-corrected chi connectivity index (χ1v) is 9.11. The van der Waals surface area contributed by atoms with Gasteiger partial charge >= 0.3 is 0 Å². The first kappa shape index (κ1) is 22.4. The summed E-state index contributed by atoms with van der Waals surface area (Å²) in [5.74, 6) is 9.62. The van der Waals surface area contributed by atoms with Crippen LogP contribution in [0.5, 0.6) is 0 Å². The van der Waals surface area contributed by atoms with E-state index in [1.54, 1.807) is 38.1 Å². The number of nitrogens with two attached hydrogens (primary N) is 1. The van der Waals surface area contributed by atoms with Gasteiger partial charge in [-0.05, 0) is 56.4 Å². The molecule has 0 unspecified atom stereocenters. The van der Waals surface area contributed by atoms with E-state index in [9.17, 15) is 14.7 Å². The number of nitrogens with one attached hydrogen (secondary N) is 2. The zero-order valence-corrected chi connectivity index (χ0v) is 16.3. The van der Waals surface area contributed by atoms with Crippen molar-refractivity contribution in [2.24, 2.45) is 17.6 Å². The predicted octanol–water partition coefficient (Wildman–Crippen LogP) is -0.628. The summed E-state index contributed by atoms with van der Waals surface area (Å²) in [6, 6.07) is 5.26. The van der Waals surface area contributed by atoms with Gasteiger partial charge in [-0.15, -0.1) is 0 Å². The minimum Gasteiger partial charge on any atom is -0.396 e. The maximum absolute atomic E-state index is 12.4. The fraction of sp³-hybridized carbons (Fsp3) is 0.429.